The molecule has 0 amide bonds. The van der Waals surface area contributed by atoms with Gasteiger partial charge in [-0.1, -0.05) is 31.2 Å². The third-order valence-corrected chi connectivity index (χ3v) is 5.50. The van der Waals surface area contributed by atoms with Gasteiger partial charge in [0.05, 0.1) is 13.2 Å². The molecule has 1 aromatic rings. The number of allylic oxidation sites excluding steroid dienone is 1. The molecule has 2 nitrogen and oxygen atoms in total. The summed E-state index contributed by atoms with van der Waals surface area (Å²) in [6.45, 7) is 3.21. The standard InChI is InChI=1S/C21H30O2/c1-16-3-11-21(23-15-16)12-6-17-4-7-18(8-5-17)19-9-13-20(22-2)14-10-19/h6,9-10,12-14,16-18,21H,3-5,7-8,11,15H2,1-2H3/b12-6+. The van der Waals surface area contributed by atoms with Crippen LogP contribution < -0.4 is 4.74 Å². The Morgan fingerprint density at radius 1 is 0.957 bits per heavy atom. The van der Waals surface area contributed by atoms with Gasteiger partial charge in [-0.15, -0.1) is 0 Å². The summed E-state index contributed by atoms with van der Waals surface area (Å²) < 4.78 is 11.1. The minimum absolute atomic E-state index is 0.366. The summed E-state index contributed by atoms with van der Waals surface area (Å²) in [6, 6.07) is 8.64. The van der Waals surface area contributed by atoms with E-state index in [9.17, 15) is 0 Å². The molecule has 1 heterocycles. The molecular weight excluding hydrogens is 284 g/mol. The molecule has 2 atom stereocenters. The van der Waals surface area contributed by atoms with E-state index in [1.165, 1.54) is 44.1 Å². The van der Waals surface area contributed by atoms with Gasteiger partial charge in [0.2, 0.25) is 0 Å². The van der Waals surface area contributed by atoms with Crippen LogP contribution in [0.1, 0.15) is 56.9 Å². The lowest BCUT2D eigenvalue weighted by molar-refractivity contribution is 0.0162. The molecule has 2 heteroatoms. The molecule has 0 aromatic heterocycles. The Morgan fingerprint density at radius 3 is 2.30 bits per heavy atom. The second kappa shape index (κ2) is 8.01. The maximum Gasteiger partial charge on any atom is 0.118 e. The molecule has 2 unspecified atom stereocenters. The van der Waals surface area contributed by atoms with E-state index in [1.54, 1.807) is 7.11 Å². The lowest BCUT2D eigenvalue weighted by atomic mass is 9.78. The maximum atomic E-state index is 5.89. The number of ether oxygens (including phenoxy) is 2. The zero-order valence-corrected chi connectivity index (χ0v) is 14.5. The molecule has 0 N–H and O–H groups in total. The van der Waals surface area contributed by atoms with Crippen molar-refractivity contribution in [2.75, 3.05) is 13.7 Å². The molecule has 23 heavy (non-hydrogen) atoms. The molecule has 1 aliphatic heterocycles. The predicted octanol–water partition coefficient (Wildman–Crippen LogP) is 5.34. The summed E-state index contributed by atoms with van der Waals surface area (Å²) >= 11 is 0. The molecule has 0 radical (unpaired) electrons. The van der Waals surface area contributed by atoms with Gasteiger partial charge in [0.25, 0.3) is 0 Å². The average molecular weight is 314 g/mol. The normalized spacial score (nSPS) is 32.1. The second-order valence-electron chi connectivity index (χ2n) is 7.32. The van der Waals surface area contributed by atoms with Gasteiger partial charge < -0.3 is 9.47 Å². The van der Waals surface area contributed by atoms with Crippen molar-refractivity contribution < 1.29 is 9.47 Å². The third kappa shape index (κ3) is 4.60. The van der Waals surface area contributed by atoms with E-state index in [1.807, 2.05) is 0 Å². The van der Waals surface area contributed by atoms with Crippen LogP contribution in [0.3, 0.4) is 0 Å². The Bertz CT molecular complexity index is 489. The largest absolute Gasteiger partial charge is 0.497 e. The highest BCUT2D eigenvalue weighted by Crippen LogP contribution is 2.37. The van der Waals surface area contributed by atoms with Gasteiger partial charge in [0.15, 0.2) is 0 Å². The average Bonchev–Trinajstić information content (AvgIpc) is 2.62. The van der Waals surface area contributed by atoms with Gasteiger partial charge in [0, 0.05) is 6.61 Å². The lowest BCUT2D eigenvalue weighted by Gasteiger charge is -2.28. The van der Waals surface area contributed by atoms with Gasteiger partial charge in [-0.2, -0.15) is 0 Å². The van der Waals surface area contributed by atoms with Crippen LogP contribution in [0, 0.1) is 11.8 Å². The number of methoxy groups -OCH3 is 1. The van der Waals surface area contributed by atoms with Gasteiger partial charge in [-0.05, 0) is 74.0 Å². The zero-order valence-electron chi connectivity index (χ0n) is 14.5. The minimum atomic E-state index is 0.366. The first-order valence-electron chi connectivity index (χ1n) is 9.18. The topological polar surface area (TPSA) is 18.5 Å². The molecule has 0 spiro atoms. The maximum absolute atomic E-state index is 5.89. The van der Waals surface area contributed by atoms with Crippen molar-refractivity contribution >= 4 is 0 Å². The van der Waals surface area contributed by atoms with Crippen molar-refractivity contribution in [1.29, 1.82) is 0 Å². The van der Waals surface area contributed by atoms with Crippen LogP contribution in [-0.2, 0) is 4.74 Å². The second-order valence-corrected chi connectivity index (χ2v) is 7.32. The Balaban J connectivity index is 1.46. The van der Waals surface area contributed by atoms with Crippen LogP contribution in [0.2, 0.25) is 0 Å². The van der Waals surface area contributed by atoms with E-state index in [2.05, 4.69) is 43.3 Å². The molecular formula is C21H30O2. The summed E-state index contributed by atoms with van der Waals surface area (Å²) in [5.41, 5.74) is 1.47. The lowest BCUT2D eigenvalue weighted by Crippen LogP contribution is -2.22. The Labute approximate surface area is 140 Å². The number of rotatable bonds is 4. The minimum Gasteiger partial charge on any atom is -0.497 e. The van der Waals surface area contributed by atoms with Gasteiger partial charge in [0.1, 0.15) is 5.75 Å². The first-order chi connectivity index (χ1) is 11.2. The summed E-state index contributed by atoms with van der Waals surface area (Å²) in [7, 11) is 1.73. The Hall–Kier alpha value is -1.28. The van der Waals surface area contributed by atoms with Crippen molar-refractivity contribution in [3.05, 3.63) is 42.0 Å². The highest BCUT2D eigenvalue weighted by atomic mass is 16.5. The number of hydrogen-bond acceptors (Lipinski definition) is 2. The van der Waals surface area contributed by atoms with Crippen molar-refractivity contribution in [1.82, 2.24) is 0 Å². The van der Waals surface area contributed by atoms with Crippen LogP contribution >= 0.6 is 0 Å². The molecule has 2 fully saturated rings. The first-order valence-corrected chi connectivity index (χ1v) is 9.18. The van der Waals surface area contributed by atoms with Crippen LogP contribution in [0.4, 0.5) is 0 Å². The third-order valence-electron chi connectivity index (χ3n) is 5.50. The Morgan fingerprint density at radius 2 is 1.70 bits per heavy atom. The predicted molar refractivity (Wildman–Crippen MR) is 95.0 cm³/mol. The van der Waals surface area contributed by atoms with Crippen molar-refractivity contribution in [2.24, 2.45) is 11.8 Å². The summed E-state index contributed by atoms with van der Waals surface area (Å²) in [5, 5.41) is 0. The smallest absolute Gasteiger partial charge is 0.118 e. The van der Waals surface area contributed by atoms with E-state index < -0.39 is 0 Å². The van der Waals surface area contributed by atoms with Gasteiger partial charge in [-0.25, -0.2) is 0 Å². The molecule has 3 rings (SSSR count). The molecule has 0 bridgehead atoms. The molecule has 1 aliphatic carbocycles. The molecule has 2 aliphatic rings. The fourth-order valence-corrected chi connectivity index (χ4v) is 3.86. The summed E-state index contributed by atoms with van der Waals surface area (Å²) in [4.78, 5) is 0. The van der Waals surface area contributed by atoms with Crippen LogP contribution in [0.5, 0.6) is 5.75 Å². The van der Waals surface area contributed by atoms with Crippen molar-refractivity contribution in [3.63, 3.8) is 0 Å². The summed E-state index contributed by atoms with van der Waals surface area (Å²) in [5.74, 6) is 3.15. The van der Waals surface area contributed by atoms with Crippen molar-refractivity contribution in [2.45, 2.75) is 57.5 Å². The molecule has 126 valence electrons. The highest BCUT2D eigenvalue weighted by molar-refractivity contribution is 5.29. The van der Waals surface area contributed by atoms with Crippen molar-refractivity contribution in [3.8, 4) is 5.75 Å². The molecule has 1 saturated carbocycles. The molecule has 1 saturated heterocycles. The van der Waals surface area contributed by atoms with Gasteiger partial charge >= 0.3 is 0 Å². The summed E-state index contributed by atoms with van der Waals surface area (Å²) in [6.07, 6.45) is 12.8. The zero-order chi connectivity index (χ0) is 16.1. The quantitative estimate of drug-likeness (QED) is 0.698. The fourth-order valence-electron chi connectivity index (χ4n) is 3.86. The van der Waals surface area contributed by atoms with Gasteiger partial charge in [-0.3, -0.25) is 0 Å². The van der Waals surface area contributed by atoms with E-state index >= 15 is 0 Å². The van der Waals surface area contributed by atoms with E-state index in [0.717, 1.165) is 30.1 Å². The van der Waals surface area contributed by atoms with E-state index in [-0.39, 0.29) is 0 Å². The van der Waals surface area contributed by atoms with Crippen LogP contribution in [0.25, 0.3) is 0 Å². The van der Waals surface area contributed by atoms with Crippen LogP contribution in [-0.4, -0.2) is 19.8 Å². The SMILES string of the molecule is COc1ccc(C2CCC(/C=C/C3CCC(C)CO3)CC2)cc1. The fraction of sp³-hybridized carbons (Fsp3) is 0.619. The number of benzene rings is 1. The van der Waals surface area contributed by atoms with Crippen LogP contribution in [0.15, 0.2) is 36.4 Å². The monoisotopic (exact) mass is 314 g/mol. The van der Waals surface area contributed by atoms with E-state index in [4.69, 9.17) is 9.47 Å². The highest BCUT2D eigenvalue weighted by Gasteiger charge is 2.22. The molecule has 1 aromatic carbocycles. The Kier molecular flexibility index (Phi) is 5.77. The van der Waals surface area contributed by atoms with E-state index in [0.29, 0.717) is 6.10 Å². The number of hydrogen-bond donors (Lipinski definition) is 0. The first kappa shape index (κ1) is 16.6.